The number of hydrogen-bond donors (Lipinski definition) is 0. The quantitative estimate of drug-likeness (QED) is 0.340. The van der Waals surface area contributed by atoms with Crippen LogP contribution in [0, 0.1) is 13.8 Å². The fourth-order valence-electron chi connectivity index (χ4n) is 5.23. The van der Waals surface area contributed by atoms with Gasteiger partial charge in [0.05, 0.1) is 12.0 Å². The van der Waals surface area contributed by atoms with Crippen molar-refractivity contribution < 1.29 is 9.21 Å². The highest BCUT2D eigenvalue weighted by molar-refractivity contribution is 5.91. The van der Waals surface area contributed by atoms with Crippen LogP contribution in [-0.2, 0) is 6.42 Å². The number of aryl methyl sites for hydroxylation is 2. The third-order valence-corrected chi connectivity index (χ3v) is 7.10. The third-order valence-electron chi connectivity index (χ3n) is 7.10. The zero-order valence-corrected chi connectivity index (χ0v) is 21.1. The Morgan fingerprint density at radius 3 is 2.24 bits per heavy atom. The number of nitrogens with zero attached hydrogens (tertiary/aromatic N) is 5. The second kappa shape index (κ2) is 9.58. The third kappa shape index (κ3) is 4.27. The lowest BCUT2D eigenvalue weighted by Gasteiger charge is -2.36. The molecule has 7 heteroatoms. The van der Waals surface area contributed by atoms with Gasteiger partial charge in [0, 0.05) is 49.4 Å². The minimum atomic E-state index is -0.0634. The van der Waals surface area contributed by atoms with Gasteiger partial charge in [-0.3, -0.25) is 4.79 Å². The molecule has 3 aromatic heterocycles. The van der Waals surface area contributed by atoms with Crippen molar-refractivity contribution in [2.45, 2.75) is 20.3 Å². The highest BCUT2D eigenvalue weighted by atomic mass is 16.3. The molecule has 0 N–H and O–H groups in total. The Morgan fingerprint density at radius 2 is 1.57 bits per heavy atom. The first-order valence-corrected chi connectivity index (χ1v) is 12.7. The molecule has 1 aliphatic rings. The maximum absolute atomic E-state index is 12.9. The number of rotatable bonds is 5. The molecule has 186 valence electrons. The van der Waals surface area contributed by atoms with Crippen LogP contribution in [0.3, 0.4) is 0 Å². The van der Waals surface area contributed by atoms with Crippen molar-refractivity contribution in [1.29, 1.82) is 0 Å². The minimum absolute atomic E-state index is 0.0634. The first kappa shape index (κ1) is 23.0. The predicted octanol–water partition coefficient (Wildman–Crippen LogP) is 5.16. The van der Waals surface area contributed by atoms with Crippen molar-refractivity contribution in [2.75, 3.05) is 31.1 Å². The van der Waals surface area contributed by atoms with Crippen LogP contribution in [0.25, 0.3) is 16.8 Å². The largest absolute Gasteiger partial charge is 0.459 e. The molecule has 0 radical (unpaired) electrons. The lowest BCUT2D eigenvalue weighted by molar-refractivity contribution is 0.0714. The van der Waals surface area contributed by atoms with Gasteiger partial charge in [-0.25, -0.2) is 4.98 Å². The zero-order chi connectivity index (χ0) is 25.4. The summed E-state index contributed by atoms with van der Waals surface area (Å²) in [5, 5.41) is 5.02. The highest BCUT2D eigenvalue weighted by Gasteiger charge is 2.28. The van der Waals surface area contributed by atoms with Crippen molar-refractivity contribution in [2.24, 2.45) is 0 Å². The van der Waals surface area contributed by atoms with E-state index in [2.05, 4.69) is 48.2 Å². The minimum Gasteiger partial charge on any atom is -0.459 e. The van der Waals surface area contributed by atoms with E-state index in [1.807, 2.05) is 40.6 Å². The summed E-state index contributed by atoms with van der Waals surface area (Å²) in [5.41, 5.74) is 7.36. The van der Waals surface area contributed by atoms with Crippen LogP contribution in [-0.4, -0.2) is 51.6 Å². The van der Waals surface area contributed by atoms with Crippen molar-refractivity contribution in [3.8, 4) is 11.1 Å². The molecule has 0 unspecified atom stereocenters. The Hall–Kier alpha value is -4.39. The van der Waals surface area contributed by atoms with Gasteiger partial charge in [0.15, 0.2) is 11.4 Å². The molecule has 7 nitrogen and oxygen atoms in total. The van der Waals surface area contributed by atoms with Crippen molar-refractivity contribution in [3.05, 3.63) is 107 Å². The van der Waals surface area contributed by atoms with E-state index in [-0.39, 0.29) is 5.91 Å². The number of anilines is 1. The van der Waals surface area contributed by atoms with E-state index in [9.17, 15) is 4.79 Å². The lowest BCUT2D eigenvalue weighted by Crippen LogP contribution is -2.49. The van der Waals surface area contributed by atoms with E-state index >= 15 is 0 Å². The van der Waals surface area contributed by atoms with Gasteiger partial charge in [-0.1, -0.05) is 60.7 Å². The maximum atomic E-state index is 12.9. The van der Waals surface area contributed by atoms with Gasteiger partial charge >= 0.3 is 0 Å². The average Bonchev–Trinajstić information content (AvgIpc) is 3.58. The first-order valence-electron chi connectivity index (χ1n) is 12.7. The maximum Gasteiger partial charge on any atom is 0.289 e. The van der Waals surface area contributed by atoms with Gasteiger partial charge in [-0.2, -0.15) is 9.61 Å². The fourth-order valence-corrected chi connectivity index (χ4v) is 5.23. The molecule has 6 rings (SSSR count). The van der Waals surface area contributed by atoms with Crippen LogP contribution < -0.4 is 4.90 Å². The van der Waals surface area contributed by atoms with Gasteiger partial charge < -0.3 is 14.2 Å². The number of carbonyl (C=O) groups is 1. The topological polar surface area (TPSA) is 66.9 Å². The molecule has 0 atom stereocenters. The molecular formula is C30H29N5O2. The summed E-state index contributed by atoms with van der Waals surface area (Å²) in [4.78, 5) is 22.2. The Balaban J connectivity index is 1.43. The Morgan fingerprint density at radius 1 is 0.865 bits per heavy atom. The number of piperazine rings is 1. The lowest BCUT2D eigenvalue weighted by atomic mass is 10.0. The summed E-state index contributed by atoms with van der Waals surface area (Å²) in [6, 6.07) is 24.3. The number of hydrogen-bond acceptors (Lipinski definition) is 5. The molecule has 1 amide bonds. The molecule has 0 spiro atoms. The molecule has 0 aliphatic carbocycles. The SMILES string of the molecule is Cc1nc2c(-c3ccccc3)c(C)nn2c(N2CCN(C(=O)c3ccco3)CC2)c1Cc1ccccc1. The van der Waals surface area contributed by atoms with Gasteiger partial charge in [-0.05, 0) is 37.1 Å². The molecule has 0 saturated carbocycles. The van der Waals surface area contributed by atoms with Crippen molar-refractivity contribution in [1.82, 2.24) is 19.5 Å². The monoisotopic (exact) mass is 491 g/mol. The Labute approximate surface area is 216 Å². The standard InChI is InChI=1S/C30H29N5O2/c1-21-25(20-23-10-5-3-6-11-23)29(33-15-17-34(18-16-33)30(36)26-14-9-19-37-26)35-28(31-21)27(22(2)32-35)24-12-7-4-8-13-24/h3-14,19H,15-18,20H2,1-2H3. The molecule has 2 aromatic carbocycles. The van der Waals surface area contributed by atoms with Gasteiger partial charge in [0.25, 0.3) is 5.91 Å². The van der Waals surface area contributed by atoms with E-state index in [0.717, 1.165) is 46.0 Å². The van der Waals surface area contributed by atoms with Crippen LogP contribution in [0.4, 0.5) is 5.82 Å². The molecule has 1 saturated heterocycles. The van der Waals surface area contributed by atoms with E-state index in [1.54, 1.807) is 18.4 Å². The van der Waals surface area contributed by atoms with Gasteiger partial charge in [-0.15, -0.1) is 0 Å². The Kier molecular flexibility index (Phi) is 5.96. The zero-order valence-electron chi connectivity index (χ0n) is 21.1. The molecule has 5 aromatic rings. The van der Waals surface area contributed by atoms with E-state index in [1.165, 1.54) is 5.56 Å². The van der Waals surface area contributed by atoms with Crippen LogP contribution in [0.5, 0.6) is 0 Å². The summed E-state index contributed by atoms with van der Waals surface area (Å²) in [7, 11) is 0. The number of carbonyl (C=O) groups excluding carboxylic acids is 1. The van der Waals surface area contributed by atoms with Crippen LogP contribution in [0.2, 0.25) is 0 Å². The number of furan rings is 1. The van der Waals surface area contributed by atoms with E-state index in [0.29, 0.717) is 31.9 Å². The average molecular weight is 492 g/mol. The smallest absolute Gasteiger partial charge is 0.289 e. The first-order chi connectivity index (χ1) is 18.1. The fraction of sp³-hybridized carbons (Fsp3) is 0.233. The van der Waals surface area contributed by atoms with Crippen LogP contribution >= 0.6 is 0 Å². The van der Waals surface area contributed by atoms with Crippen LogP contribution in [0.1, 0.15) is 33.1 Å². The molecule has 1 aliphatic heterocycles. The summed E-state index contributed by atoms with van der Waals surface area (Å²) in [6.07, 6.45) is 2.30. The van der Waals surface area contributed by atoms with Gasteiger partial charge in [0.2, 0.25) is 0 Å². The number of fused-ring (bicyclic) bond motifs is 1. The Bertz CT molecular complexity index is 1530. The van der Waals surface area contributed by atoms with Gasteiger partial charge in [0.1, 0.15) is 5.82 Å². The molecule has 37 heavy (non-hydrogen) atoms. The van der Waals surface area contributed by atoms with Crippen molar-refractivity contribution >= 4 is 17.4 Å². The highest BCUT2D eigenvalue weighted by Crippen LogP contribution is 2.34. The summed E-state index contributed by atoms with van der Waals surface area (Å²) in [6.45, 7) is 6.76. The second-order valence-corrected chi connectivity index (χ2v) is 9.48. The van der Waals surface area contributed by atoms with E-state index in [4.69, 9.17) is 14.5 Å². The summed E-state index contributed by atoms with van der Waals surface area (Å²) < 4.78 is 7.37. The second-order valence-electron chi connectivity index (χ2n) is 9.48. The summed E-state index contributed by atoms with van der Waals surface area (Å²) in [5.74, 6) is 1.38. The van der Waals surface area contributed by atoms with Crippen LogP contribution in [0.15, 0.2) is 83.5 Å². The molecule has 4 heterocycles. The number of amides is 1. The molecule has 1 fully saturated rings. The number of benzene rings is 2. The summed E-state index contributed by atoms with van der Waals surface area (Å²) >= 11 is 0. The predicted molar refractivity (Wildman–Crippen MR) is 144 cm³/mol. The molecular weight excluding hydrogens is 462 g/mol. The normalized spacial score (nSPS) is 13.9. The number of aromatic nitrogens is 3. The van der Waals surface area contributed by atoms with Crippen molar-refractivity contribution in [3.63, 3.8) is 0 Å². The molecule has 0 bridgehead atoms. The van der Waals surface area contributed by atoms with E-state index < -0.39 is 0 Å².